The van der Waals surface area contributed by atoms with Gasteiger partial charge in [0.05, 0.1) is 13.2 Å². The molecule has 4 heteroatoms. The van der Waals surface area contributed by atoms with E-state index in [1.807, 2.05) is 23.3 Å². The highest BCUT2D eigenvalue weighted by atomic mass is 16.7. The monoisotopic (exact) mass is 307 g/mol. The predicted molar refractivity (Wildman–Crippen MR) is 88.2 cm³/mol. The number of carbonyl (C=O) groups is 1. The molecule has 1 aromatic rings. The fourth-order valence-corrected chi connectivity index (χ4v) is 2.46. The second-order valence-corrected chi connectivity index (χ2v) is 6.87. The predicted octanol–water partition coefficient (Wildman–Crippen LogP) is 3.98. The van der Waals surface area contributed by atoms with Crippen LogP contribution < -0.4 is 0 Å². The minimum Gasteiger partial charge on any atom is -0.467 e. The fourth-order valence-electron chi connectivity index (χ4n) is 2.46. The number of hydrogen-bond acceptors (Lipinski definition) is 4. The number of hydroxylamine groups is 2. The Morgan fingerprint density at radius 2 is 1.64 bits per heavy atom. The van der Waals surface area contributed by atoms with Gasteiger partial charge in [-0.25, -0.2) is 4.79 Å². The number of benzene rings is 1. The Balaban J connectivity index is 3.15. The largest absolute Gasteiger partial charge is 0.467 e. The van der Waals surface area contributed by atoms with E-state index in [0.29, 0.717) is 5.92 Å². The van der Waals surface area contributed by atoms with Crippen molar-refractivity contribution in [3.63, 3.8) is 0 Å². The highest BCUT2D eigenvalue weighted by molar-refractivity contribution is 5.73. The van der Waals surface area contributed by atoms with E-state index in [1.54, 1.807) is 6.92 Å². The average molecular weight is 307 g/mol. The van der Waals surface area contributed by atoms with Gasteiger partial charge >= 0.3 is 5.97 Å². The zero-order valence-electron chi connectivity index (χ0n) is 14.8. The van der Waals surface area contributed by atoms with Crippen molar-refractivity contribution in [1.29, 1.82) is 0 Å². The van der Waals surface area contributed by atoms with E-state index in [9.17, 15) is 4.79 Å². The number of ether oxygens (including phenoxy) is 1. The highest BCUT2D eigenvalue weighted by Gasteiger charge is 2.35. The van der Waals surface area contributed by atoms with Gasteiger partial charge in [0.1, 0.15) is 0 Å². The number of rotatable bonds is 6. The Morgan fingerprint density at radius 1 is 1.09 bits per heavy atom. The van der Waals surface area contributed by atoms with Crippen molar-refractivity contribution >= 4 is 5.97 Å². The van der Waals surface area contributed by atoms with Crippen molar-refractivity contribution in [3.8, 4) is 0 Å². The molecule has 2 unspecified atom stereocenters. The van der Waals surface area contributed by atoms with Crippen LogP contribution in [0, 0.1) is 5.92 Å². The molecule has 0 saturated heterocycles. The molecule has 1 rings (SSSR count). The third-order valence-corrected chi connectivity index (χ3v) is 3.49. The fraction of sp³-hybridized carbons (Fsp3) is 0.611. The van der Waals surface area contributed by atoms with Gasteiger partial charge in [-0.3, -0.25) is 4.84 Å². The number of nitrogens with zero attached hydrogens (tertiary/aromatic N) is 1. The van der Waals surface area contributed by atoms with Gasteiger partial charge < -0.3 is 4.74 Å². The maximum atomic E-state index is 11.7. The molecular formula is C18H29NO3. The van der Waals surface area contributed by atoms with Crippen LogP contribution in [0.2, 0.25) is 0 Å². The van der Waals surface area contributed by atoms with Crippen molar-refractivity contribution in [2.24, 2.45) is 5.92 Å². The number of hydrogen-bond donors (Lipinski definition) is 0. The molecule has 0 radical (unpaired) electrons. The van der Waals surface area contributed by atoms with E-state index in [0.717, 1.165) is 0 Å². The lowest BCUT2D eigenvalue weighted by molar-refractivity contribution is -0.270. The molecule has 2 atom stereocenters. The lowest BCUT2D eigenvalue weighted by Gasteiger charge is -2.43. The maximum Gasteiger partial charge on any atom is 0.336 e. The Labute approximate surface area is 134 Å². The summed E-state index contributed by atoms with van der Waals surface area (Å²) >= 11 is 0. The van der Waals surface area contributed by atoms with Crippen molar-refractivity contribution < 1.29 is 14.4 Å². The van der Waals surface area contributed by atoms with Crippen molar-refractivity contribution in [1.82, 2.24) is 5.06 Å². The first kappa shape index (κ1) is 18.7. The molecule has 0 amide bonds. The normalized spacial score (nSPS) is 15.0. The third-order valence-electron chi connectivity index (χ3n) is 3.49. The molecule has 0 aliphatic heterocycles. The van der Waals surface area contributed by atoms with Crippen LogP contribution in [-0.2, 0) is 14.4 Å². The van der Waals surface area contributed by atoms with Crippen molar-refractivity contribution in [2.75, 3.05) is 7.11 Å². The van der Waals surface area contributed by atoms with Crippen LogP contribution in [0.25, 0.3) is 0 Å². The molecule has 0 spiro atoms. The molecule has 4 nitrogen and oxygen atoms in total. The lowest BCUT2D eigenvalue weighted by atomic mass is 9.92. The van der Waals surface area contributed by atoms with Gasteiger partial charge in [-0.2, -0.15) is 5.06 Å². The summed E-state index contributed by atoms with van der Waals surface area (Å²) in [5.41, 5.74) is 0.914. The summed E-state index contributed by atoms with van der Waals surface area (Å²) in [6.45, 7) is 12.3. The summed E-state index contributed by atoms with van der Waals surface area (Å²) in [5, 5.41) is 1.93. The molecule has 124 valence electrons. The first-order valence-corrected chi connectivity index (χ1v) is 7.77. The number of carbonyl (C=O) groups excluding carboxylic acids is 1. The summed E-state index contributed by atoms with van der Waals surface area (Å²) in [7, 11) is 1.38. The molecule has 0 bridgehead atoms. The SMILES string of the molecule is COC(=O)C(C)ON(C(c1ccccc1)C(C)C)C(C)(C)C. The number of esters is 1. The maximum absolute atomic E-state index is 11.7. The van der Waals surface area contributed by atoms with Gasteiger partial charge in [0, 0.05) is 5.54 Å². The summed E-state index contributed by atoms with van der Waals surface area (Å²) in [6, 6.07) is 10.3. The van der Waals surface area contributed by atoms with Crippen LogP contribution in [0.4, 0.5) is 0 Å². The molecule has 0 fully saturated rings. The van der Waals surface area contributed by atoms with Gasteiger partial charge in [-0.05, 0) is 39.2 Å². The van der Waals surface area contributed by atoms with E-state index >= 15 is 0 Å². The second kappa shape index (κ2) is 7.75. The highest BCUT2D eigenvalue weighted by Crippen LogP contribution is 2.34. The van der Waals surface area contributed by atoms with E-state index in [1.165, 1.54) is 12.7 Å². The first-order chi connectivity index (χ1) is 10.2. The molecule has 0 saturated carbocycles. The van der Waals surface area contributed by atoms with E-state index in [2.05, 4.69) is 46.8 Å². The van der Waals surface area contributed by atoms with Gasteiger partial charge in [-0.1, -0.05) is 44.2 Å². The summed E-state index contributed by atoms with van der Waals surface area (Å²) in [6.07, 6.45) is -0.644. The van der Waals surface area contributed by atoms with Crippen LogP contribution >= 0.6 is 0 Å². The Bertz CT molecular complexity index is 465. The van der Waals surface area contributed by atoms with Crippen LogP contribution in [0.1, 0.15) is 53.1 Å². The summed E-state index contributed by atoms with van der Waals surface area (Å²) in [4.78, 5) is 17.7. The molecule has 1 aromatic carbocycles. The van der Waals surface area contributed by atoms with Crippen LogP contribution in [0.5, 0.6) is 0 Å². The average Bonchev–Trinajstić information content (AvgIpc) is 2.45. The van der Waals surface area contributed by atoms with Gasteiger partial charge in [0.2, 0.25) is 0 Å². The smallest absolute Gasteiger partial charge is 0.336 e. The van der Waals surface area contributed by atoms with Crippen molar-refractivity contribution in [2.45, 2.75) is 59.2 Å². The molecule has 0 aliphatic carbocycles. The molecular weight excluding hydrogens is 278 g/mol. The van der Waals surface area contributed by atoms with Gasteiger partial charge in [0.25, 0.3) is 0 Å². The molecule has 0 aromatic heterocycles. The third kappa shape index (κ3) is 4.82. The van der Waals surface area contributed by atoms with Crippen LogP contribution in [0.3, 0.4) is 0 Å². The zero-order valence-corrected chi connectivity index (χ0v) is 14.8. The van der Waals surface area contributed by atoms with Gasteiger partial charge in [-0.15, -0.1) is 0 Å². The quantitative estimate of drug-likeness (QED) is 0.588. The summed E-state index contributed by atoms with van der Waals surface area (Å²) < 4.78 is 4.78. The van der Waals surface area contributed by atoms with Gasteiger partial charge in [0.15, 0.2) is 6.10 Å². The lowest BCUT2D eigenvalue weighted by Crippen LogP contribution is -2.48. The van der Waals surface area contributed by atoms with E-state index in [4.69, 9.17) is 9.57 Å². The van der Waals surface area contributed by atoms with Crippen LogP contribution in [-0.4, -0.2) is 29.8 Å². The molecule has 0 heterocycles. The van der Waals surface area contributed by atoms with Crippen LogP contribution in [0.15, 0.2) is 30.3 Å². The minimum absolute atomic E-state index is 0.0494. The number of methoxy groups -OCH3 is 1. The second-order valence-electron chi connectivity index (χ2n) is 6.87. The summed E-state index contributed by atoms with van der Waals surface area (Å²) in [5.74, 6) is -0.0451. The minimum atomic E-state index is -0.644. The Hall–Kier alpha value is -1.39. The molecule has 22 heavy (non-hydrogen) atoms. The zero-order chi connectivity index (χ0) is 16.9. The standard InChI is InChI=1S/C18H29NO3/c1-13(2)16(15-11-9-8-10-12-15)19(18(4,5)6)22-14(3)17(20)21-7/h8-14,16H,1-7H3. The van der Waals surface area contributed by atoms with E-state index < -0.39 is 6.10 Å². The Kier molecular flexibility index (Phi) is 6.57. The molecule has 0 N–H and O–H groups in total. The topological polar surface area (TPSA) is 38.8 Å². The van der Waals surface area contributed by atoms with E-state index in [-0.39, 0.29) is 17.6 Å². The van der Waals surface area contributed by atoms with Crippen molar-refractivity contribution in [3.05, 3.63) is 35.9 Å². The Morgan fingerprint density at radius 3 is 2.05 bits per heavy atom. The molecule has 0 aliphatic rings. The first-order valence-electron chi connectivity index (χ1n) is 7.77.